The monoisotopic (exact) mass is 124 g/mol. The average molecular weight is 124 g/mol. The van der Waals surface area contributed by atoms with E-state index in [0.717, 1.165) is 0 Å². The van der Waals surface area contributed by atoms with Crippen molar-refractivity contribution in [2.24, 2.45) is 0 Å². The fraction of sp³-hybridized carbons (Fsp3) is 0. The summed E-state index contributed by atoms with van der Waals surface area (Å²) in [7, 11) is 0. The molecule has 0 heterocycles. The first kappa shape index (κ1) is 23.8. The Bertz CT molecular complexity index is 44.8. The van der Waals surface area contributed by atoms with Crippen molar-refractivity contribution < 1.29 is 66.3 Å². The van der Waals surface area contributed by atoms with E-state index in [1.165, 1.54) is 0 Å². The molecule has 34 valence electrons. The molecule has 0 bridgehead atoms. The fourth-order valence-corrected chi connectivity index (χ4v) is 0. The van der Waals surface area contributed by atoms with Crippen LogP contribution >= 0.6 is 0 Å². The van der Waals surface area contributed by atoms with Crippen LogP contribution in [-0.4, -0.2) is 33.7 Å². The molecule has 0 rings (SSSR count). The van der Waals surface area contributed by atoms with Gasteiger partial charge in [-0.3, -0.25) is 0 Å². The number of carbonyl (C=O) groups is 1. The second-order valence-electron chi connectivity index (χ2n) is 0.283. The summed E-state index contributed by atoms with van der Waals surface area (Å²) in [5.41, 5.74) is 0. The maximum atomic E-state index is 8.56. The molecule has 0 unspecified atom stereocenters. The van der Waals surface area contributed by atoms with E-state index in [9.17, 15) is 0 Å². The Hall–Kier alpha value is 1.40. The van der Waals surface area contributed by atoms with Gasteiger partial charge in [0.15, 0.2) is 17.4 Å². The third-order valence-corrected chi connectivity index (χ3v) is 0. The number of rotatable bonds is 0. The maximum Gasteiger partial charge on any atom is 1.00 e. The van der Waals surface area contributed by atoms with Crippen molar-refractivity contribution in [2.75, 3.05) is 0 Å². The van der Waals surface area contributed by atoms with Crippen LogP contribution in [0.1, 0.15) is 2.85 Å². The topological polar surface area (TPSA) is 57.5 Å². The largest absolute Gasteiger partial charge is 1.00 e. The van der Waals surface area contributed by atoms with Gasteiger partial charge in [-0.25, -0.2) is 4.79 Å². The first-order valence-electron chi connectivity index (χ1n) is 0.651. The van der Waals surface area contributed by atoms with Crippen LogP contribution in [0.4, 0.5) is 4.79 Å². The van der Waals surface area contributed by atoms with Gasteiger partial charge in [-0.1, -0.05) is 0 Å². The van der Waals surface area contributed by atoms with Crippen LogP contribution < -0.4 is 48.4 Å². The van der Waals surface area contributed by atoms with Gasteiger partial charge in [0, 0.05) is 0 Å². The van der Waals surface area contributed by atoms with Crippen molar-refractivity contribution in [3.05, 3.63) is 0 Å². The van der Waals surface area contributed by atoms with Crippen molar-refractivity contribution in [3.8, 4) is 0 Å². The maximum absolute atomic E-state index is 8.56. The molecule has 0 radical (unpaired) electrons. The Balaban J connectivity index is -0.00000000450. The van der Waals surface area contributed by atoms with Crippen LogP contribution in [0, 0.1) is 0 Å². The molecule has 0 aromatic carbocycles. The van der Waals surface area contributed by atoms with E-state index >= 15 is 0 Å². The molecule has 0 atom stereocenters. The zero-order valence-electron chi connectivity index (χ0n) is 5.80. The summed E-state index contributed by atoms with van der Waals surface area (Å²) < 4.78 is 0. The first-order valence-corrected chi connectivity index (χ1v) is 0.651. The quantitative estimate of drug-likeness (QED) is 0.315. The third kappa shape index (κ3) is 110. The molecular formula is CH7AlLiNaO3. The fourth-order valence-electron chi connectivity index (χ4n) is 0. The van der Waals surface area contributed by atoms with Crippen molar-refractivity contribution >= 4 is 23.5 Å². The summed E-state index contributed by atoms with van der Waals surface area (Å²) in [6.07, 6.45) is -1.83. The molecule has 0 aromatic rings. The standard InChI is InChI=1S/CH2O3.Al.Li.Na.5H/c2-1(3)4;;;;;;;;/h(H2,2,3,4);;;;;;;;/q;;2*+1;;;;2*-1. The minimum Gasteiger partial charge on any atom is -1.00 e. The summed E-state index contributed by atoms with van der Waals surface area (Å²) >= 11 is 0. The third-order valence-electron chi connectivity index (χ3n) is 0. The van der Waals surface area contributed by atoms with Gasteiger partial charge in [0.2, 0.25) is 0 Å². The van der Waals surface area contributed by atoms with Crippen LogP contribution in [0.15, 0.2) is 0 Å². The summed E-state index contributed by atoms with van der Waals surface area (Å²) in [6, 6.07) is 0. The summed E-state index contributed by atoms with van der Waals surface area (Å²) in [5, 5.41) is 13.9. The minimum atomic E-state index is -1.83. The molecule has 6 heteroatoms. The van der Waals surface area contributed by atoms with Crippen LogP contribution in [0.2, 0.25) is 0 Å². The van der Waals surface area contributed by atoms with Crippen LogP contribution in [0.5, 0.6) is 0 Å². The molecule has 0 spiro atoms. The van der Waals surface area contributed by atoms with Crippen molar-refractivity contribution in [3.63, 3.8) is 0 Å². The van der Waals surface area contributed by atoms with E-state index in [4.69, 9.17) is 15.0 Å². The average Bonchev–Trinajstić information content (AvgIpc) is 0.811. The number of carboxylic acid groups (broad SMARTS) is 2. The molecule has 0 fully saturated rings. The van der Waals surface area contributed by atoms with Gasteiger partial charge >= 0.3 is 54.6 Å². The van der Waals surface area contributed by atoms with E-state index in [-0.39, 0.29) is 68.6 Å². The van der Waals surface area contributed by atoms with Gasteiger partial charge < -0.3 is 13.1 Å². The van der Waals surface area contributed by atoms with Crippen molar-refractivity contribution in [2.45, 2.75) is 0 Å². The second kappa shape index (κ2) is 15.7. The van der Waals surface area contributed by atoms with E-state index in [0.29, 0.717) is 0 Å². The molecule has 0 aliphatic carbocycles. The van der Waals surface area contributed by atoms with Gasteiger partial charge in [0.1, 0.15) is 0 Å². The van der Waals surface area contributed by atoms with Gasteiger partial charge in [0.05, 0.1) is 0 Å². The van der Waals surface area contributed by atoms with E-state index in [2.05, 4.69) is 0 Å². The predicted octanol–water partition coefficient (Wildman–Crippen LogP) is -6.73. The Morgan fingerprint density at radius 1 is 1.43 bits per heavy atom. The smallest absolute Gasteiger partial charge is 1.00 e. The van der Waals surface area contributed by atoms with E-state index in [1.807, 2.05) is 0 Å². The molecule has 0 aliphatic heterocycles. The molecule has 2 N–H and O–H groups in total. The van der Waals surface area contributed by atoms with Gasteiger partial charge in [-0.2, -0.15) is 0 Å². The summed E-state index contributed by atoms with van der Waals surface area (Å²) in [6.45, 7) is 0. The molecule has 7 heavy (non-hydrogen) atoms. The van der Waals surface area contributed by atoms with Gasteiger partial charge in [-0.15, -0.1) is 0 Å². The van der Waals surface area contributed by atoms with Crippen molar-refractivity contribution in [1.82, 2.24) is 0 Å². The molecule has 3 nitrogen and oxygen atoms in total. The Morgan fingerprint density at radius 3 is 1.43 bits per heavy atom. The molecule has 0 aliphatic rings. The first-order chi connectivity index (χ1) is 1.73. The molecular weight excluding hydrogens is 117 g/mol. The van der Waals surface area contributed by atoms with Crippen LogP contribution in [0.3, 0.4) is 0 Å². The summed E-state index contributed by atoms with van der Waals surface area (Å²) in [5.74, 6) is 0. The zero-order valence-corrected chi connectivity index (χ0v) is 5.80. The Morgan fingerprint density at radius 2 is 1.43 bits per heavy atom. The Kier molecular flexibility index (Phi) is 53.1. The minimum absolute atomic E-state index is 0. The summed E-state index contributed by atoms with van der Waals surface area (Å²) in [4.78, 5) is 8.56. The molecule has 0 amide bonds. The van der Waals surface area contributed by atoms with Gasteiger partial charge in [-0.05, 0) is 0 Å². The van der Waals surface area contributed by atoms with Crippen molar-refractivity contribution in [1.29, 1.82) is 0 Å². The number of hydrogen-bond acceptors (Lipinski definition) is 1. The zero-order chi connectivity index (χ0) is 3.58. The van der Waals surface area contributed by atoms with E-state index in [1.54, 1.807) is 0 Å². The Labute approximate surface area is 89.0 Å². The second-order valence-corrected chi connectivity index (χ2v) is 0.283. The van der Waals surface area contributed by atoms with E-state index < -0.39 is 6.16 Å². The molecule has 0 saturated heterocycles. The SMILES string of the molecule is O=C(O)O.[AlH3].[H-].[H-].[Li+].[Na+]. The number of hydrogen-bond donors (Lipinski definition) is 2. The van der Waals surface area contributed by atoms with Crippen LogP contribution in [0.25, 0.3) is 0 Å². The normalized spacial score (nSPS) is 3.43. The van der Waals surface area contributed by atoms with Crippen LogP contribution in [-0.2, 0) is 0 Å². The predicted molar refractivity (Wildman–Crippen MR) is 22.8 cm³/mol. The van der Waals surface area contributed by atoms with Gasteiger partial charge in [0.25, 0.3) is 0 Å². The molecule has 0 saturated carbocycles. The molecule has 0 aromatic heterocycles.